The average Bonchev–Trinajstić information content (AvgIpc) is 2.74. The zero-order valence-corrected chi connectivity index (χ0v) is 11.1. The molecule has 0 bridgehead atoms. The second-order valence-electron chi connectivity index (χ2n) is 4.40. The maximum atomic E-state index is 12.5. The number of ether oxygens (including phenoxy) is 3. The van der Waals surface area contributed by atoms with Gasteiger partial charge in [-0.05, 0) is 18.2 Å². The van der Waals surface area contributed by atoms with Crippen LogP contribution in [0.2, 0.25) is 0 Å². The van der Waals surface area contributed by atoms with Gasteiger partial charge >= 0.3 is 12.3 Å². The number of aliphatic hydroxyl groups is 1. The van der Waals surface area contributed by atoms with Crippen LogP contribution >= 0.6 is 0 Å². The van der Waals surface area contributed by atoms with E-state index in [9.17, 15) is 23.1 Å². The molecule has 22 heavy (non-hydrogen) atoms. The number of carbonyl (C=O) groups is 1. The second-order valence-corrected chi connectivity index (χ2v) is 4.40. The molecular formula is C13H10BF3O5. The van der Waals surface area contributed by atoms with E-state index in [2.05, 4.69) is 9.47 Å². The Morgan fingerprint density at radius 1 is 1.45 bits per heavy atom. The van der Waals surface area contributed by atoms with Crippen molar-refractivity contribution in [2.24, 2.45) is 0 Å². The lowest BCUT2D eigenvalue weighted by atomic mass is 9.98. The van der Waals surface area contributed by atoms with Crippen molar-refractivity contribution in [1.82, 2.24) is 0 Å². The van der Waals surface area contributed by atoms with Crippen LogP contribution < -0.4 is 4.74 Å². The molecule has 1 aliphatic rings. The monoisotopic (exact) mass is 314 g/mol. The van der Waals surface area contributed by atoms with E-state index in [1.54, 1.807) is 0 Å². The number of hydrogen-bond donors (Lipinski definition) is 1. The molecule has 1 aromatic carbocycles. The van der Waals surface area contributed by atoms with Gasteiger partial charge in [0.05, 0.1) is 11.6 Å². The van der Waals surface area contributed by atoms with Gasteiger partial charge < -0.3 is 19.3 Å². The Bertz CT molecular complexity index is 600. The molecule has 0 saturated heterocycles. The van der Waals surface area contributed by atoms with Gasteiger partial charge in [-0.15, -0.1) is 0 Å². The quantitative estimate of drug-likeness (QED) is 0.528. The molecule has 1 heterocycles. The van der Waals surface area contributed by atoms with E-state index in [1.807, 2.05) is 0 Å². The van der Waals surface area contributed by atoms with Gasteiger partial charge in [0.25, 0.3) is 0 Å². The summed E-state index contributed by atoms with van der Waals surface area (Å²) in [5.41, 5.74) is -0.955. The number of aliphatic hydroxyl groups excluding tert-OH is 1. The Kier molecular flexibility index (Phi) is 4.53. The van der Waals surface area contributed by atoms with Crippen molar-refractivity contribution in [3.63, 3.8) is 0 Å². The zero-order chi connectivity index (χ0) is 16.3. The van der Waals surface area contributed by atoms with Gasteiger partial charge in [-0.1, -0.05) is 6.07 Å². The van der Waals surface area contributed by atoms with Crippen LogP contribution in [0.15, 0.2) is 35.8 Å². The molecule has 0 unspecified atom stereocenters. The van der Waals surface area contributed by atoms with Crippen LogP contribution in [0.1, 0.15) is 12.0 Å². The fraction of sp³-hybridized carbons (Fsp3) is 0.308. The van der Waals surface area contributed by atoms with E-state index in [1.165, 1.54) is 6.07 Å². The summed E-state index contributed by atoms with van der Waals surface area (Å²) in [6, 6.07) is 3.06. The summed E-state index contributed by atoms with van der Waals surface area (Å²) in [5, 5.41) is 9.41. The molecule has 0 aliphatic carbocycles. The van der Waals surface area contributed by atoms with E-state index >= 15 is 0 Å². The van der Waals surface area contributed by atoms with Gasteiger partial charge in [-0.3, -0.25) is 0 Å². The Balaban J connectivity index is 1.91. The highest BCUT2D eigenvalue weighted by atomic mass is 19.4. The summed E-state index contributed by atoms with van der Waals surface area (Å²) in [4.78, 5) is 11.4. The van der Waals surface area contributed by atoms with Crippen LogP contribution in [0.4, 0.5) is 18.0 Å². The molecule has 1 N–H and O–H groups in total. The number of alkyl halides is 3. The standard InChI is InChI=1S/C13H10BF3O5/c14-11-5-9(18)10(22-11)6-20-12(19)21-8-3-1-2-7(4-8)13(15,16)17/h1-4,11,18H,5-6H2/t11-/m1/s1. The minimum atomic E-state index is -4.55. The van der Waals surface area contributed by atoms with Crippen molar-refractivity contribution >= 4 is 14.0 Å². The van der Waals surface area contributed by atoms with Gasteiger partial charge in [0.15, 0.2) is 12.4 Å². The first-order valence-corrected chi connectivity index (χ1v) is 6.11. The maximum absolute atomic E-state index is 12.5. The molecule has 0 amide bonds. The van der Waals surface area contributed by atoms with Crippen LogP contribution in [-0.2, 0) is 15.7 Å². The fourth-order valence-corrected chi connectivity index (χ4v) is 1.70. The van der Waals surface area contributed by atoms with Crippen LogP contribution in [0, 0.1) is 0 Å². The normalized spacial score (nSPS) is 18.0. The Morgan fingerprint density at radius 2 is 2.18 bits per heavy atom. The fourth-order valence-electron chi connectivity index (χ4n) is 1.70. The predicted octanol–water partition coefficient (Wildman–Crippen LogP) is 2.91. The van der Waals surface area contributed by atoms with Gasteiger partial charge in [-0.25, -0.2) is 4.79 Å². The molecule has 0 spiro atoms. The van der Waals surface area contributed by atoms with Crippen LogP contribution in [0.3, 0.4) is 0 Å². The van der Waals surface area contributed by atoms with Gasteiger partial charge in [0, 0.05) is 6.42 Å². The third-order valence-electron chi connectivity index (χ3n) is 2.69. The van der Waals surface area contributed by atoms with Crippen LogP contribution in [0.5, 0.6) is 5.75 Å². The first kappa shape index (κ1) is 16.1. The first-order chi connectivity index (χ1) is 10.3. The highest BCUT2D eigenvalue weighted by Crippen LogP contribution is 2.31. The van der Waals surface area contributed by atoms with Crippen molar-refractivity contribution in [3.05, 3.63) is 41.3 Å². The molecule has 1 atom stereocenters. The number of halogens is 3. The molecule has 5 nitrogen and oxygen atoms in total. The summed E-state index contributed by atoms with van der Waals surface area (Å²) < 4.78 is 51.7. The van der Waals surface area contributed by atoms with Gasteiger partial charge in [0.2, 0.25) is 0 Å². The minimum absolute atomic E-state index is 0.0199. The van der Waals surface area contributed by atoms with E-state index in [0.29, 0.717) is 6.07 Å². The molecule has 2 rings (SSSR count). The summed E-state index contributed by atoms with van der Waals surface area (Å²) in [5.74, 6) is -0.491. The van der Waals surface area contributed by atoms with Crippen LogP contribution in [-0.4, -0.2) is 31.7 Å². The summed E-state index contributed by atoms with van der Waals surface area (Å²) in [6.07, 6.45) is -5.70. The molecule has 9 heteroatoms. The molecule has 0 aromatic heterocycles. The molecule has 1 aromatic rings. The molecule has 116 valence electrons. The Labute approximate surface area is 124 Å². The topological polar surface area (TPSA) is 65.0 Å². The van der Waals surface area contributed by atoms with Crippen molar-refractivity contribution < 1.29 is 37.3 Å². The van der Waals surface area contributed by atoms with E-state index in [-0.39, 0.29) is 23.7 Å². The Hall–Kier alpha value is -2.32. The van der Waals surface area contributed by atoms with Crippen molar-refractivity contribution in [2.45, 2.75) is 18.6 Å². The van der Waals surface area contributed by atoms with Crippen molar-refractivity contribution in [3.8, 4) is 5.75 Å². The van der Waals surface area contributed by atoms with E-state index in [4.69, 9.17) is 12.6 Å². The van der Waals surface area contributed by atoms with Gasteiger partial charge in [0.1, 0.15) is 19.4 Å². The third kappa shape index (κ3) is 4.09. The molecule has 0 saturated carbocycles. The van der Waals surface area contributed by atoms with Gasteiger partial charge in [-0.2, -0.15) is 13.2 Å². The molecule has 0 fully saturated rings. The molecule has 1 aliphatic heterocycles. The number of rotatable bonds is 3. The summed E-state index contributed by atoms with van der Waals surface area (Å²) >= 11 is 0. The number of hydrogen-bond acceptors (Lipinski definition) is 5. The number of carbonyl (C=O) groups excluding carboxylic acids is 1. The largest absolute Gasteiger partial charge is 0.514 e. The van der Waals surface area contributed by atoms with E-state index < -0.39 is 30.5 Å². The smallest absolute Gasteiger partial charge is 0.509 e. The predicted molar refractivity (Wildman–Crippen MR) is 68.3 cm³/mol. The lowest BCUT2D eigenvalue weighted by molar-refractivity contribution is -0.137. The molecule has 2 radical (unpaired) electrons. The number of benzene rings is 1. The maximum Gasteiger partial charge on any atom is 0.514 e. The van der Waals surface area contributed by atoms with Crippen molar-refractivity contribution in [2.75, 3.05) is 6.61 Å². The summed E-state index contributed by atoms with van der Waals surface area (Å²) in [6.45, 7) is -0.433. The SMILES string of the molecule is [B][C@H]1CC(O)=C(COC(=O)Oc2cccc(C(F)(F)F)c2)O1. The lowest BCUT2D eigenvalue weighted by Gasteiger charge is -2.10. The highest BCUT2D eigenvalue weighted by molar-refractivity contribution is 6.11. The average molecular weight is 314 g/mol. The zero-order valence-electron chi connectivity index (χ0n) is 11.1. The second kappa shape index (κ2) is 6.21. The first-order valence-electron chi connectivity index (χ1n) is 6.11. The van der Waals surface area contributed by atoms with Crippen molar-refractivity contribution in [1.29, 1.82) is 0 Å². The minimum Gasteiger partial charge on any atom is -0.509 e. The lowest BCUT2D eigenvalue weighted by Crippen LogP contribution is -2.15. The summed E-state index contributed by atoms with van der Waals surface area (Å²) in [7, 11) is 5.40. The highest BCUT2D eigenvalue weighted by Gasteiger charge is 2.31. The third-order valence-corrected chi connectivity index (χ3v) is 2.69. The van der Waals surface area contributed by atoms with Crippen LogP contribution in [0.25, 0.3) is 0 Å². The molecular weight excluding hydrogens is 304 g/mol. The Morgan fingerprint density at radius 3 is 2.77 bits per heavy atom. The van der Waals surface area contributed by atoms with E-state index in [0.717, 1.165) is 12.1 Å².